The number of benzene rings is 2. The summed E-state index contributed by atoms with van der Waals surface area (Å²) in [5.74, 6) is -2.41. The maximum atomic E-state index is 16.2. The number of ether oxygens (including phenoxy) is 6. The van der Waals surface area contributed by atoms with Crippen molar-refractivity contribution in [2.75, 3.05) is 26.8 Å². The summed E-state index contributed by atoms with van der Waals surface area (Å²) in [6.45, 7) is 16.0. The Labute approximate surface area is 414 Å². The highest BCUT2D eigenvalue weighted by Gasteiger charge is 2.89. The lowest BCUT2D eigenvalue weighted by Crippen LogP contribution is -2.84. The van der Waals surface area contributed by atoms with Gasteiger partial charge in [-0.1, -0.05) is 53.6 Å². The summed E-state index contributed by atoms with van der Waals surface area (Å²) in [7, 11) is 1.32. The first-order valence-electron chi connectivity index (χ1n) is 25.2. The van der Waals surface area contributed by atoms with Crippen LogP contribution < -0.4 is 19.5 Å². The minimum Gasteiger partial charge on any atom is -0.482 e. The number of allylic oxidation sites excluding steroid dienone is 5. The van der Waals surface area contributed by atoms with Crippen LogP contribution in [0, 0.1) is 23.7 Å². The summed E-state index contributed by atoms with van der Waals surface area (Å²) in [6.07, 6.45) is 3.91. The number of aliphatic hydroxyl groups excluding tert-OH is 4. The molecule has 13 atom stereocenters. The molecule has 4 bridgehead atoms. The summed E-state index contributed by atoms with van der Waals surface area (Å²) < 4.78 is 41.3. The standard InChI is InChI=1S/C56H66N2O13/c1-27(2)13-12-20-53(8)21-19-33-45(69-53)32(17-16-28(3)4)47-39(46(33)68-51-44(63)43(62)42(61)35(26-59)67-51)56-48-37(38-40(58(56)24-23-57-56)30-14-10-11-15-31(30)41(38)60)34-25-36-52(6,7)71-54(49(34)64,55(36,48)70-47)22-18-29(5)50(65)66-9/h10-11,13-16,18-19,21,34-37,42-44,48,51,57,59,61-63H,12,17,20,22-26H2,1-9H3/b29-18-/t34?,35-,36?,37?,42-,43+,44-,48?,51+,53?,54?,55?,56?/m0/s1. The lowest BCUT2D eigenvalue weighted by Gasteiger charge is -2.71. The fourth-order valence-electron chi connectivity index (χ4n) is 14.4. The number of esters is 1. The largest absolute Gasteiger partial charge is 0.482 e. The van der Waals surface area contributed by atoms with Crippen molar-refractivity contribution in [1.82, 2.24) is 10.2 Å². The Bertz CT molecular complexity index is 2820. The smallest absolute Gasteiger partial charge is 0.333 e. The molecule has 8 unspecified atom stereocenters. The van der Waals surface area contributed by atoms with Crippen LogP contribution in [-0.4, -0.2) is 123 Å². The first-order chi connectivity index (χ1) is 33.7. The molecule has 378 valence electrons. The minimum absolute atomic E-state index is 0.0257. The molecule has 0 radical (unpaired) electrons. The molecule has 6 aliphatic heterocycles. The van der Waals surface area contributed by atoms with Crippen molar-refractivity contribution >= 4 is 29.3 Å². The fraction of sp³-hybridized carbons (Fsp3) is 0.554. The number of Topliss-reactive ketones (excluding diaryl/α,β-unsaturated/α-hetero) is 2. The molecule has 2 spiro atoms. The third kappa shape index (κ3) is 6.42. The molecule has 3 saturated heterocycles. The van der Waals surface area contributed by atoms with Gasteiger partial charge in [-0.2, -0.15) is 0 Å². The Morgan fingerprint density at radius 3 is 2.38 bits per heavy atom. The number of nitrogens with zero attached hydrogens (tertiary/aromatic N) is 1. The fourth-order valence-corrected chi connectivity index (χ4v) is 14.4. The van der Waals surface area contributed by atoms with Crippen LogP contribution in [0.3, 0.4) is 0 Å². The predicted molar refractivity (Wildman–Crippen MR) is 260 cm³/mol. The second-order valence-electron chi connectivity index (χ2n) is 22.4. The monoisotopic (exact) mass is 974 g/mol. The highest BCUT2D eigenvalue weighted by atomic mass is 16.7. The Balaban J connectivity index is 1.27. The summed E-state index contributed by atoms with van der Waals surface area (Å²) in [5, 5.41) is 48.4. The lowest BCUT2D eigenvalue weighted by atomic mass is 9.39. The van der Waals surface area contributed by atoms with E-state index in [0.717, 1.165) is 23.3 Å². The Hall–Kier alpha value is -5.13. The molecule has 0 aromatic heterocycles. The second-order valence-corrected chi connectivity index (χ2v) is 22.4. The van der Waals surface area contributed by atoms with Crippen LogP contribution in [-0.2, 0) is 35.9 Å². The molecule has 6 fully saturated rings. The molecule has 71 heavy (non-hydrogen) atoms. The van der Waals surface area contributed by atoms with E-state index >= 15 is 9.59 Å². The van der Waals surface area contributed by atoms with Crippen LogP contribution in [0.5, 0.6) is 17.2 Å². The molecular weight excluding hydrogens is 909 g/mol. The number of fused-ring (bicyclic) bond motifs is 5. The van der Waals surface area contributed by atoms with Gasteiger partial charge in [0.25, 0.3) is 0 Å². The second kappa shape index (κ2) is 16.4. The number of hydrogen-bond donors (Lipinski definition) is 5. The zero-order valence-electron chi connectivity index (χ0n) is 42.0. The average Bonchev–Trinajstić information content (AvgIpc) is 3.94. The van der Waals surface area contributed by atoms with E-state index in [1.54, 1.807) is 13.0 Å². The number of aliphatic hydroxyl groups is 4. The van der Waals surface area contributed by atoms with Gasteiger partial charge in [0.1, 0.15) is 52.9 Å². The van der Waals surface area contributed by atoms with E-state index in [4.69, 9.17) is 28.4 Å². The maximum absolute atomic E-state index is 16.2. The Morgan fingerprint density at radius 1 is 0.944 bits per heavy atom. The molecule has 15 heteroatoms. The molecule has 12 rings (SSSR count). The van der Waals surface area contributed by atoms with Crippen LogP contribution in [0.15, 0.2) is 70.9 Å². The summed E-state index contributed by atoms with van der Waals surface area (Å²) >= 11 is 0. The first-order valence-corrected chi connectivity index (χ1v) is 25.2. The summed E-state index contributed by atoms with van der Waals surface area (Å²) in [5.41, 5.74) is 0.498. The van der Waals surface area contributed by atoms with Crippen LogP contribution in [0.1, 0.15) is 114 Å². The van der Waals surface area contributed by atoms with Gasteiger partial charge in [-0.05, 0) is 93.2 Å². The van der Waals surface area contributed by atoms with Gasteiger partial charge in [0.2, 0.25) is 6.29 Å². The van der Waals surface area contributed by atoms with Crippen LogP contribution in [0.25, 0.3) is 11.8 Å². The molecule has 0 amide bonds. The minimum atomic E-state index is -1.78. The molecule has 3 saturated carbocycles. The van der Waals surface area contributed by atoms with E-state index in [-0.39, 0.29) is 23.7 Å². The highest BCUT2D eigenvalue weighted by molar-refractivity contribution is 6.22. The number of hydrogen-bond acceptors (Lipinski definition) is 15. The van der Waals surface area contributed by atoms with Crippen molar-refractivity contribution in [3.05, 3.63) is 98.7 Å². The van der Waals surface area contributed by atoms with Crippen LogP contribution >= 0.6 is 0 Å². The van der Waals surface area contributed by atoms with Crippen molar-refractivity contribution < 1.29 is 63.2 Å². The molecule has 10 aliphatic rings. The first kappa shape index (κ1) is 48.2. The van der Waals surface area contributed by atoms with E-state index in [9.17, 15) is 25.2 Å². The summed E-state index contributed by atoms with van der Waals surface area (Å²) in [4.78, 5) is 46.8. The highest BCUT2D eigenvalue weighted by Crippen LogP contribution is 2.78. The Kier molecular flexibility index (Phi) is 11.2. The number of nitrogens with one attached hydrogen (secondary N) is 1. The molecule has 15 nitrogen and oxygen atoms in total. The van der Waals surface area contributed by atoms with Gasteiger partial charge < -0.3 is 53.7 Å². The normalized spacial score (nSPS) is 37.2. The molecular formula is C56H66N2O13. The van der Waals surface area contributed by atoms with Gasteiger partial charge in [-0.15, -0.1) is 0 Å². The van der Waals surface area contributed by atoms with Gasteiger partial charge in [0.05, 0.1) is 42.1 Å². The quantitative estimate of drug-likeness (QED) is 0.106. The number of carbonyl (C=O) groups excluding carboxylic acids is 3. The molecule has 6 heterocycles. The van der Waals surface area contributed by atoms with Crippen molar-refractivity contribution in [2.24, 2.45) is 23.7 Å². The third-order valence-electron chi connectivity index (χ3n) is 17.3. The van der Waals surface area contributed by atoms with Gasteiger partial charge >= 0.3 is 5.97 Å². The topological polar surface area (TPSA) is 203 Å². The van der Waals surface area contributed by atoms with E-state index in [0.29, 0.717) is 77.3 Å². The number of ketones is 2. The zero-order valence-corrected chi connectivity index (χ0v) is 42.0. The zero-order chi connectivity index (χ0) is 50.5. The van der Waals surface area contributed by atoms with Crippen molar-refractivity contribution in [3.63, 3.8) is 0 Å². The molecule has 2 aromatic rings. The Morgan fingerprint density at radius 2 is 1.68 bits per heavy atom. The van der Waals surface area contributed by atoms with Gasteiger partial charge in [-0.3, -0.25) is 14.9 Å². The summed E-state index contributed by atoms with van der Waals surface area (Å²) in [6, 6.07) is 7.58. The van der Waals surface area contributed by atoms with E-state index in [1.807, 2.05) is 71.0 Å². The molecule has 5 N–H and O–H groups in total. The van der Waals surface area contributed by atoms with Gasteiger partial charge in [0.15, 0.2) is 22.8 Å². The van der Waals surface area contributed by atoms with Crippen LogP contribution in [0.2, 0.25) is 0 Å². The van der Waals surface area contributed by atoms with Crippen molar-refractivity contribution in [2.45, 2.75) is 146 Å². The molecule has 2 aromatic carbocycles. The third-order valence-corrected chi connectivity index (χ3v) is 17.3. The number of methoxy groups -OCH3 is 1. The van der Waals surface area contributed by atoms with Crippen molar-refractivity contribution in [3.8, 4) is 17.2 Å². The van der Waals surface area contributed by atoms with E-state index in [1.165, 1.54) is 12.7 Å². The SMILES string of the molecule is COC(=O)/C(C)=C\CC12OC(C)(C)C3CC(C1=O)C1C4=C(c5ccccc5C4=O)N4CCNC45c4c(O[C@H]6O[C@@H](CO)[C@H](O)[C@@H](O)[C@@H]6O)c6c(c(CC=C(C)C)c4OC32C15)OC(C)(CCC=C(C)C)C=C6. The lowest BCUT2D eigenvalue weighted by molar-refractivity contribution is -0.278. The number of rotatable bonds is 11. The molecule has 4 aliphatic carbocycles. The van der Waals surface area contributed by atoms with Gasteiger partial charge in [0, 0.05) is 65.1 Å². The van der Waals surface area contributed by atoms with Crippen LogP contribution in [0.4, 0.5) is 0 Å². The predicted octanol–water partition coefficient (Wildman–Crippen LogP) is 5.60. The van der Waals surface area contributed by atoms with Gasteiger partial charge in [-0.25, -0.2) is 4.79 Å². The van der Waals surface area contributed by atoms with E-state index < -0.39 is 95.0 Å². The van der Waals surface area contributed by atoms with Crippen molar-refractivity contribution in [1.29, 1.82) is 0 Å². The average molecular weight is 975 g/mol. The number of carbonyl (C=O) groups is 3. The van der Waals surface area contributed by atoms with E-state index in [2.05, 4.69) is 36.2 Å². The maximum Gasteiger partial charge on any atom is 0.333 e.